The maximum atomic E-state index is 13.2. The van der Waals surface area contributed by atoms with Gasteiger partial charge in [-0.3, -0.25) is 4.79 Å². The van der Waals surface area contributed by atoms with Crippen LogP contribution in [0.3, 0.4) is 0 Å². The minimum absolute atomic E-state index is 0.00690. The van der Waals surface area contributed by atoms with E-state index in [0.717, 1.165) is 0 Å². The highest BCUT2D eigenvalue weighted by Gasteiger charge is 2.16. The van der Waals surface area contributed by atoms with Gasteiger partial charge in [-0.15, -0.1) is 0 Å². The summed E-state index contributed by atoms with van der Waals surface area (Å²) in [6, 6.07) is 11.0. The summed E-state index contributed by atoms with van der Waals surface area (Å²) >= 11 is 0. The number of benzene rings is 2. The number of carbonyl (C=O) groups excluding carboxylic acids is 2. The Bertz CT molecular complexity index is 929. The number of ether oxygens (including phenoxy) is 1. The monoisotopic (exact) mass is 394 g/mol. The number of rotatable bonds is 7. The van der Waals surface area contributed by atoms with Crippen LogP contribution in [-0.2, 0) is 26.1 Å². The number of nitrogens with one attached hydrogen (secondary N) is 1. The van der Waals surface area contributed by atoms with E-state index in [4.69, 9.17) is 4.74 Å². The molecule has 0 bridgehead atoms. The zero-order valence-corrected chi connectivity index (χ0v) is 15.6. The second-order valence-electron chi connectivity index (χ2n) is 5.69. The lowest BCUT2D eigenvalue weighted by molar-refractivity contribution is -0.133. The van der Waals surface area contributed by atoms with Gasteiger partial charge in [-0.2, -0.15) is 0 Å². The van der Waals surface area contributed by atoms with Crippen LogP contribution in [0.5, 0.6) is 0 Å². The minimum atomic E-state index is -3.60. The van der Waals surface area contributed by atoms with Crippen molar-refractivity contribution < 1.29 is 27.1 Å². The number of esters is 1. The summed E-state index contributed by atoms with van der Waals surface area (Å²) in [6.07, 6.45) is 0. The molecule has 0 fully saturated rings. The van der Waals surface area contributed by atoms with Crippen LogP contribution in [0.15, 0.2) is 53.4 Å². The van der Waals surface area contributed by atoms with Gasteiger partial charge in [-0.1, -0.05) is 12.1 Å². The van der Waals surface area contributed by atoms with E-state index in [1.54, 1.807) is 12.1 Å². The third-order valence-electron chi connectivity index (χ3n) is 3.73. The van der Waals surface area contributed by atoms with Crippen LogP contribution in [0.25, 0.3) is 0 Å². The number of amides is 1. The molecule has 0 atom stereocenters. The summed E-state index contributed by atoms with van der Waals surface area (Å²) in [5.41, 5.74) is 0.726. The van der Waals surface area contributed by atoms with Crippen LogP contribution in [-0.4, -0.2) is 45.9 Å². The molecule has 2 rings (SSSR count). The predicted octanol–water partition coefficient (Wildman–Crippen LogP) is 1.55. The van der Waals surface area contributed by atoms with E-state index < -0.39 is 34.3 Å². The molecular weight excluding hydrogens is 375 g/mol. The molecule has 2 aromatic rings. The molecule has 0 saturated heterocycles. The maximum absolute atomic E-state index is 13.2. The first-order valence-electron chi connectivity index (χ1n) is 7.92. The Morgan fingerprint density at radius 3 is 2.41 bits per heavy atom. The normalized spacial score (nSPS) is 11.1. The molecule has 7 nitrogen and oxygen atoms in total. The summed E-state index contributed by atoms with van der Waals surface area (Å²) in [7, 11) is -0.806. The van der Waals surface area contributed by atoms with Crippen molar-refractivity contribution in [2.24, 2.45) is 0 Å². The van der Waals surface area contributed by atoms with Crippen LogP contribution in [0, 0.1) is 5.82 Å². The highest BCUT2D eigenvalue weighted by molar-refractivity contribution is 7.89. The third kappa shape index (κ3) is 5.60. The molecule has 0 heterocycles. The Balaban J connectivity index is 1.91. The van der Waals surface area contributed by atoms with Crippen LogP contribution < -0.4 is 4.72 Å². The van der Waals surface area contributed by atoms with Gasteiger partial charge in [-0.25, -0.2) is 22.3 Å². The van der Waals surface area contributed by atoms with Gasteiger partial charge in [0, 0.05) is 13.6 Å². The zero-order valence-electron chi connectivity index (χ0n) is 14.8. The molecule has 9 heteroatoms. The highest BCUT2D eigenvalue weighted by atomic mass is 32.2. The Kier molecular flexibility index (Phi) is 6.65. The predicted molar refractivity (Wildman–Crippen MR) is 95.8 cm³/mol. The van der Waals surface area contributed by atoms with Crippen molar-refractivity contribution in [2.75, 3.05) is 20.7 Å². The third-order valence-corrected chi connectivity index (χ3v) is 5.16. The average molecular weight is 394 g/mol. The fourth-order valence-corrected chi connectivity index (χ4v) is 2.94. The molecule has 0 aliphatic rings. The maximum Gasteiger partial charge on any atom is 0.338 e. The van der Waals surface area contributed by atoms with Gasteiger partial charge in [0.2, 0.25) is 10.0 Å². The Morgan fingerprint density at radius 1 is 1.15 bits per heavy atom. The molecule has 27 heavy (non-hydrogen) atoms. The van der Waals surface area contributed by atoms with E-state index in [9.17, 15) is 22.4 Å². The summed E-state index contributed by atoms with van der Waals surface area (Å²) in [5, 5.41) is 0. The second-order valence-corrected chi connectivity index (χ2v) is 7.57. The molecule has 0 aliphatic carbocycles. The SMILES string of the molecule is CNS(=O)(=O)c1ccc(C(=O)OCC(=O)N(C)Cc2cccc(F)c2)cc1. The Labute approximate surface area is 156 Å². The van der Waals surface area contributed by atoms with Crippen molar-refractivity contribution in [3.63, 3.8) is 0 Å². The molecule has 0 spiro atoms. The Hall–Kier alpha value is -2.78. The molecule has 0 unspecified atom stereocenters. The quantitative estimate of drug-likeness (QED) is 0.720. The summed E-state index contributed by atoms with van der Waals surface area (Å²) in [6.45, 7) is -0.314. The number of hydrogen-bond acceptors (Lipinski definition) is 5. The number of likely N-dealkylation sites (N-methyl/N-ethyl adjacent to an activating group) is 1. The van der Waals surface area contributed by atoms with Crippen molar-refractivity contribution in [3.8, 4) is 0 Å². The number of halogens is 1. The average Bonchev–Trinajstić information content (AvgIpc) is 2.65. The van der Waals surface area contributed by atoms with Crippen molar-refractivity contribution in [3.05, 3.63) is 65.5 Å². The first-order chi connectivity index (χ1) is 12.7. The standard InChI is InChI=1S/C18H19FN2O5S/c1-20-27(24,25)16-8-6-14(7-9-16)18(23)26-12-17(22)21(2)11-13-4-3-5-15(19)10-13/h3-10,20H,11-12H2,1-2H3. The first-order valence-corrected chi connectivity index (χ1v) is 9.40. The highest BCUT2D eigenvalue weighted by Crippen LogP contribution is 2.11. The van der Waals surface area contributed by atoms with Gasteiger partial charge >= 0.3 is 5.97 Å². The summed E-state index contributed by atoms with van der Waals surface area (Å²) in [5.74, 6) is -1.61. The molecule has 0 radical (unpaired) electrons. The molecule has 1 amide bonds. The minimum Gasteiger partial charge on any atom is -0.452 e. The fraction of sp³-hybridized carbons (Fsp3) is 0.222. The lowest BCUT2D eigenvalue weighted by atomic mass is 10.2. The summed E-state index contributed by atoms with van der Waals surface area (Å²) < 4.78 is 43.6. The molecule has 1 N–H and O–H groups in total. The van der Waals surface area contributed by atoms with Crippen LogP contribution in [0.2, 0.25) is 0 Å². The molecule has 0 aromatic heterocycles. The van der Waals surface area contributed by atoms with E-state index in [-0.39, 0.29) is 17.0 Å². The summed E-state index contributed by atoms with van der Waals surface area (Å²) in [4.78, 5) is 25.4. The molecule has 0 aliphatic heterocycles. The zero-order chi connectivity index (χ0) is 20.0. The van der Waals surface area contributed by atoms with Crippen LogP contribution >= 0.6 is 0 Å². The topological polar surface area (TPSA) is 92.8 Å². The van der Waals surface area contributed by atoms with Crippen molar-refractivity contribution >= 4 is 21.9 Å². The number of hydrogen-bond donors (Lipinski definition) is 1. The molecule has 2 aromatic carbocycles. The van der Waals surface area contributed by atoms with Crippen molar-refractivity contribution in [1.29, 1.82) is 0 Å². The van der Waals surface area contributed by atoms with Crippen LogP contribution in [0.4, 0.5) is 4.39 Å². The van der Waals surface area contributed by atoms with E-state index >= 15 is 0 Å². The van der Waals surface area contributed by atoms with Crippen molar-refractivity contribution in [2.45, 2.75) is 11.4 Å². The van der Waals surface area contributed by atoms with E-state index in [0.29, 0.717) is 5.56 Å². The van der Waals surface area contributed by atoms with Gasteiger partial charge in [0.15, 0.2) is 6.61 Å². The first kappa shape index (κ1) is 20.5. The largest absolute Gasteiger partial charge is 0.452 e. The molecule has 144 valence electrons. The second kappa shape index (κ2) is 8.74. The van der Waals surface area contributed by atoms with Gasteiger partial charge in [0.05, 0.1) is 10.5 Å². The van der Waals surface area contributed by atoms with E-state index in [1.807, 2.05) is 0 Å². The fourth-order valence-electron chi connectivity index (χ4n) is 2.21. The molecular formula is C18H19FN2O5S. The van der Waals surface area contributed by atoms with Gasteiger partial charge in [0.25, 0.3) is 5.91 Å². The van der Waals surface area contributed by atoms with E-state index in [1.165, 1.54) is 55.4 Å². The smallest absolute Gasteiger partial charge is 0.338 e. The molecule has 0 saturated carbocycles. The van der Waals surface area contributed by atoms with Crippen molar-refractivity contribution in [1.82, 2.24) is 9.62 Å². The number of nitrogens with zero attached hydrogens (tertiary/aromatic N) is 1. The van der Waals surface area contributed by atoms with Crippen LogP contribution in [0.1, 0.15) is 15.9 Å². The van der Waals surface area contributed by atoms with Gasteiger partial charge < -0.3 is 9.64 Å². The van der Waals surface area contributed by atoms with E-state index in [2.05, 4.69) is 4.72 Å². The van der Waals surface area contributed by atoms with Gasteiger partial charge in [-0.05, 0) is 49.0 Å². The lowest BCUT2D eigenvalue weighted by Gasteiger charge is -2.17. The Morgan fingerprint density at radius 2 is 1.81 bits per heavy atom. The number of carbonyl (C=O) groups is 2. The lowest BCUT2D eigenvalue weighted by Crippen LogP contribution is -2.30. The number of sulfonamides is 1. The van der Waals surface area contributed by atoms with Gasteiger partial charge in [0.1, 0.15) is 5.82 Å².